The fourth-order valence-corrected chi connectivity index (χ4v) is 1.71. The molecule has 2 N–H and O–H groups in total. The van der Waals surface area contributed by atoms with Crippen molar-refractivity contribution >= 4 is 12.0 Å². The lowest BCUT2D eigenvalue weighted by Crippen LogP contribution is -2.39. The van der Waals surface area contributed by atoms with Gasteiger partial charge in [0.05, 0.1) is 0 Å². The molecule has 5 nitrogen and oxygen atoms in total. The van der Waals surface area contributed by atoms with Gasteiger partial charge in [-0.15, -0.1) is 0 Å². The maximum absolute atomic E-state index is 11.6. The summed E-state index contributed by atoms with van der Waals surface area (Å²) in [5, 5.41) is 11.4. The molecule has 5 heteroatoms. The van der Waals surface area contributed by atoms with Crippen LogP contribution in [0.2, 0.25) is 0 Å². The Balaban J connectivity index is 3.70. The van der Waals surface area contributed by atoms with Crippen molar-refractivity contribution in [3.8, 4) is 0 Å². The van der Waals surface area contributed by atoms with Crippen LogP contribution in [0.5, 0.6) is 0 Å². The highest BCUT2D eigenvalue weighted by Gasteiger charge is 2.10. The summed E-state index contributed by atoms with van der Waals surface area (Å²) < 4.78 is 0. The van der Waals surface area contributed by atoms with E-state index >= 15 is 0 Å². The molecular formula is C13H26N2O3. The number of carbonyl (C=O) groups is 2. The van der Waals surface area contributed by atoms with E-state index in [-0.39, 0.29) is 12.5 Å². The van der Waals surface area contributed by atoms with E-state index in [1.807, 2.05) is 6.92 Å². The van der Waals surface area contributed by atoms with Gasteiger partial charge in [-0.3, -0.25) is 4.79 Å². The molecule has 0 aromatic heterocycles. The summed E-state index contributed by atoms with van der Waals surface area (Å²) >= 11 is 0. The topological polar surface area (TPSA) is 69.6 Å². The zero-order valence-corrected chi connectivity index (χ0v) is 11.9. The third kappa shape index (κ3) is 8.84. The highest BCUT2D eigenvalue weighted by molar-refractivity contribution is 5.73. The number of carboxylic acids is 1. The lowest BCUT2D eigenvalue weighted by atomic mass is 10.0. The predicted molar refractivity (Wildman–Crippen MR) is 71.5 cm³/mol. The van der Waals surface area contributed by atoms with Gasteiger partial charge in [0, 0.05) is 26.6 Å². The van der Waals surface area contributed by atoms with Crippen LogP contribution in [-0.2, 0) is 4.79 Å². The molecule has 1 unspecified atom stereocenters. The smallest absolute Gasteiger partial charge is 0.317 e. The molecule has 0 saturated heterocycles. The SMILES string of the molecule is CC(C)CN(C)C(=O)NCCC(C)CCC(=O)O. The van der Waals surface area contributed by atoms with Crippen LogP contribution >= 0.6 is 0 Å². The number of nitrogens with zero attached hydrogens (tertiary/aromatic N) is 1. The molecule has 0 aliphatic rings. The lowest BCUT2D eigenvalue weighted by molar-refractivity contribution is -0.137. The first-order valence-electron chi connectivity index (χ1n) is 6.53. The molecule has 0 aliphatic carbocycles. The van der Waals surface area contributed by atoms with Gasteiger partial charge in [-0.25, -0.2) is 4.79 Å². The van der Waals surface area contributed by atoms with E-state index in [2.05, 4.69) is 19.2 Å². The summed E-state index contributed by atoms with van der Waals surface area (Å²) in [5.74, 6) is 0.00889. The first-order chi connectivity index (χ1) is 8.32. The summed E-state index contributed by atoms with van der Waals surface area (Å²) in [6.45, 7) is 7.48. The second-order valence-electron chi connectivity index (χ2n) is 5.33. The molecule has 106 valence electrons. The Morgan fingerprint density at radius 2 is 1.83 bits per heavy atom. The Morgan fingerprint density at radius 3 is 2.33 bits per heavy atom. The van der Waals surface area contributed by atoms with Crippen molar-refractivity contribution in [2.45, 2.75) is 40.0 Å². The molecule has 2 amide bonds. The van der Waals surface area contributed by atoms with Crippen molar-refractivity contribution in [2.75, 3.05) is 20.1 Å². The molecular weight excluding hydrogens is 232 g/mol. The van der Waals surface area contributed by atoms with Crippen LogP contribution in [-0.4, -0.2) is 42.1 Å². The van der Waals surface area contributed by atoms with Crippen LogP contribution < -0.4 is 5.32 Å². The number of carbonyl (C=O) groups excluding carboxylic acids is 1. The van der Waals surface area contributed by atoms with E-state index < -0.39 is 5.97 Å². The summed E-state index contributed by atoms with van der Waals surface area (Å²) in [5.41, 5.74) is 0. The van der Waals surface area contributed by atoms with Crippen molar-refractivity contribution in [3.05, 3.63) is 0 Å². The van der Waals surface area contributed by atoms with E-state index in [4.69, 9.17) is 5.11 Å². The molecule has 0 bridgehead atoms. The first-order valence-corrected chi connectivity index (χ1v) is 6.53. The molecule has 0 rings (SSSR count). The molecule has 0 aliphatic heterocycles. The molecule has 18 heavy (non-hydrogen) atoms. The lowest BCUT2D eigenvalue weighted by Gasteiger charge is -2.20. The Kier molecular flexibility index (Phi) is 8.16. The summed E-state index contributed by atoms with van der Waals surface area (Å²) in [7, 11) is 1.78. The van der Waals surface area contributed by atoms with Gasteiger partial charge in [0.1, 0.15) is 0 Å². The number of carboxylic acid groups (broad SMARTS) is 1. The molecule has 0 aromatic rings. The van der Waals surface area contributed by atoms with Gasteiger partial charge in [0.25, 0.3) is 0 Å². The van der Waals surface area contributed by atoms with Crippen molar-refractivity contribution in [1.82, 2.24) is 10.2 Å². The summed E-state index contributed by atoms with van der Waals surface area (Å²) in [4.78, 5) is 23.7. The van der Waals surface area contributed by atoms with Gasteiger partial charge in [-0.1, -0.05) is 20.8 Å². The average Bonchev–Trinajstić information content (AvgIpc) is 2.25. The van der Waals surface area contributed by atoms with Gasteiger partial charge in [-0.2, -0.15) is 0 Å². The van der Waals surface area contributed by atoms with Gasteiger partial charge in [0.15, 0.2) is 0 Å². The quantitative estimate of drug-likeness (QED) is 0.701. The number of hydrogen-bond acceptors (Lipinski definition) is 2. The maximum Gasteiger partial charge on any atom is 0.317 e. The third-order valence-electron chi connectivity index (χ3n) is 2.75. The number of rotatable bonds is 8. The van der Waals surface area contributed by atoms with Crippen LogP contribution in [0.1, 0.15) is 40.0 Å². The minimum Gasteiger partial charge on any atom is -0.481 e. The second-order valence-corrected chi connectivity index (χ2v) is 5.33. The number of amides is 2. The monoisotopic (exact) mass is 258 g/mol. The maximum atomic E-state index is 11.6. The zero-order valence-electron chi connectivity index (χ0n) is 11.9. The van der Waals surface area contributed by atoms with E-state index in [0.29, 0.717) is 24.8 Å². The van der Waals surface area contributed by atoms with Crippen molar-refractivity contribution < 1.29 is 14.7 Å². The number of nitrogens with one attached hydrogen (secondary N) is 1. The van der Waals surface area contributed by atoms with Crippen LogP contribution in [0.3, 0.4) is 0 Å². The third-order valence-corrected chi connectivity index (χ3v) is 2.75. The molecule has 1 atom stereocenters. The summed E-state index contributed by atoms with van der Waals surface area (Å²) in [6, 6.07) is -0.0610. The number of aliphatic carboxylic acids is 1. The minimum atomic E-state index is -0.762. The fraction of sp³-hybridized carbons (Fsp3) is 0.846. The number of urea groups is 1. The highest BCUT2D eigenvalue weighted by Crippen LogP contribution is 2.09. The standard InChI is InChI=1S/C13H26N2O3/c1-10(2)9-15(4)13(18)14-8-7-11(3)5-6-12(16)17/h10-11H,5-9H2,1-4H3,(H,14,18)(H,16,17). The highest BCUT2D eigenvalue weighted by atomic mass is 16.4. The fourth-order valence-electron chi connectivity index (χ4n) is 1.71. The van der Waals surface area contributed by atoms with Crippen molar-refractivity contribution in [2.24, 2.45) is 11.8 Å². The van der Waals surface area contributed by atoms with Gasteiger partial charge in [-0.05, 0) is 24.7 Å². The first kappa shape index (κ1) is 16.7. The van der Waals surface area contributed by atoms with E-state index in [9.17, 15) is 9.59 Å². The van der Waals surface area contributed by atoms with Crippen LogP contribution in [0.25, 0.3) is 0 Å². The van der Waals surface area contributed by atoms with Crippen molar-refractivity contribution in [1.29, 1.82) is 0 Å². The molecule has 0 saturated carbocycles. The normalized spacial score (nSPS) is 12.3. The van der Waals surface area contributed by atoms with Crippen molar-refractivity contribution in [3.63, 3.8) is 0 Å². The van der Waals surface area contributed by atoms with Gasteiger partial charge in [0.2, 0.25) is 0 Å². The number of hydrogen-bond donors (Lipinski definition) is 2. The molecule has 0 aromatic carbocycles. The van der Waals surface area contributed by atoms with Crippen LogP contribution in [0, 0.1) is 11.8 Å². The van der Waals surface area contributed by atoms with E-state index in [1.54, 1.807) is 11.9 Å². The van der Waals surface area contributed by atoms with Crippen LogP contribution in [0.4, 0.5) is 4.79 Å². The molecule has 0 fully saturated rings. The summed E-state index contributed by atoms with van der Waals surface area (Å²) in [6.07, 6.45) is 1.67. The molecule has 0 radical (unpaired) electrons. The van der Waals surface area contributed by atoms with Gasteiger partial charge < -0.3 is 15.3 Å². The van der Waals surface area contributed by atoms with Gasteiger partial charge >= 0.3 is 12.0 Å². The molecule has 0 spiro atoms. The van der Waals surface area contributed by atoms with E-state index in [0.717, 1.165) is 13.0 Å². The second kappa shape index (κ2) is 8.78. The predicted octanol–water partition coefficient (Wildman–Crippen LogP) is 2.17. The van der Waals surface area contributed by atoms with E-state index in [1.165, 1.54) is 0 Å². The average molecular weight is 258 g/mol. The van der Waals surface area contributed by atoms with Crippen LogP contribution in [0.15, 0.2) is 0 Å². The Hall–Kier alpha value is -1.26. The Morgan fingerprint density at radius 1 is 1.22 bits per heavy atom. The zero-order chi connectivity index (χ0) is 14.1. The largest absolute Gasteiger partial charge is 0.481 e. The minimum absolute atomic E-state index is 0.0610. The Labute approximate surface area is 110 Å². The Bertz CT molecular complexity index is 267. The molecule has 0 heterocycles.